The van der Waals surface area contributed by atoms with E-state index in [-0.39, 0.29) is 29.9 Å². The van der Waals surface area contributed by atoms with Crippen LogP contribution in [0.15, 0.2) is 53.4 Å². The van der Waals surface area contributed by atoms with Crippen LogP contribution < -0.4 is 20.1 Å². The molecule has 3 N–H and O–H groups in total. The van der Waals surface area contributed by atoms with Gasteiger partial charge in [0.25, 0.3) is 15.9 Å². The number of carbonyl (C=O) groups excluding carboxylic acids is 2. The van der Waals surface area contributed by atoms with Crippen molar-refractivity contribution in [2.45, 2.75) is 69.2 Å². The summed E-state index contributed by atoms with van der Waals surface area (Å²) in [6, 6.07) is 10.4. The lowest BCUT2D eigenvalue weighted by molar-refractivity contribution is -0.139. The van der Waals surface area contributed by atoms with Crippen LogP contribution in [0.25, 0.3) is 0 Å². The molecule has 0 aromatic heterocycles. The molecule has 12 heteroatoms. The number of sulfonamides is 1. The highest BCUT2D eigenvalue weighted by Crippen LogP contribution is 2.42. The molecule has 1 saturated carbocycles. The van der Waals surface area contributed by atoms with Crippen LogP contribution in [0.2, 0.25) is 5.02 Å². The van der Waals surface area contributed by atoms with Crippen LogP contribution >= 0.6 is 11.6 Å². The third-order valence-electron chi connectivity index (χ3n) is 8.50. The van der Waals surface area contributed by atoms with Crippen molar-refractivity contribution in [1.82, 2.24) is 4.72 Å². The molecule has 0 radical (unpaired) electrons. The summed E-state index contributed by atoms with van der Waals surface area (Å²) in [5.41, 5.74) is 6.72. The molecule has 2 aromatic rings. The van der Waals surface area contributed by atoms with Gasteiger partial charge in [-0.1, -0.05) is 23.7 Å². The van der Waals surface area contributed by atoms with Crippen molar-refractivity contribution in [2.75, 3.05) is 24.6 Å². The molecule has 1 fully saturated rings. The highest BCUT2D eigenvalue weighted by Gasteiger charge is 2.40. The molecular weight excluding hydrogens is 594 g/mol. The summed E-state index contributed by atoms with van der Waals surface area (Å²) in [4.78, 5) is 26.9. The number of amides is 2. The summed E-state index contributed by atoms with van der Waals surface area (Å²) in [6.45, 7) is 4.50. The lowest BCUT2D eigenvalue weighted by Crippen LogP contribution is -2.47. The highest BCUT2D eigenvalue weighted by atomic mass is 35.5. The van der Waals surface area contributed by atoms with E-state index in [2.05, 4.69) is 9.62 Å². The van der Waals surface area contributed by atoms with Crippen LogP contribution in [0.3, 0.4) is 0 Å². The van der Waals surface area contributed by atoms with Gasteiger partial charge in [0.2, 0.25) is 0 Å². The average Bonchev–Trinajstić information content (AvgIpc) is 2.95. The predicted molar refractivity (Wildman–Crippen MR) is 163 cm³/mol. The van der Waals surface area contributed by atoms with E-state index >= 15 is 0 Å². The summed E-state index contributed by atoms with van der Waals surface area (Å²) in [6.07, 6.45) is 6.30. The van der Waals surface area contributed by atoms with E-state index in [0.29, 0.717) is 29.5 Å². The molecule has 10 nitrogen and oxygen atoms in total. The molecule has 2 amide bonds. The fourth-order valence-corrected chi connectivity index (χ4v) is 7.16. The molecule has 2 bridgehead atoms. The Labute approximate surface area is 257 Å². The molecule has 2 heterocycles. The molecule has 0 spiro atoms. The normalized spacial score (nSPS) is 26.2. The molecular formula is C31H38ClN3O7S. The minimum atomic E-state index is -4.23. The van der Waals surface area contributed by atoms with Gasteiger partial charge in [-0.05, 0) is 99.4 Å². The Hall–Kier alpha value is -3.28. The van der Waals surface area contributed by atoms with E-state index in [9.17, 15) is 18.0 Å². The number of primary amides is 1. The molecule has 0 saturated heterocycles. The predicted octanol–water partition coefficient (Wildman–Crippen LogP) is 4.72. The molecule has 1 aliphatic carbocycles. The number of nitrogens with zero attached hydrogens (tertiary/aromatic N) is 1. The first-order valence-corrected chi connectivity index (χ1v) is 16.4. The summed E-state index contributed by atoms with van der Waals surface area (Å²) >= 11 is 6.29. The summed E-state index contributed by atoms with van der Waals surface area (Å²) < 4.78 is 46.6. The van der Waals surface area contributed by atoms with Gasteiger partial charge in [-0.25, -0.2) is 17.9 Å². The second-order valence-electron chi connectivity index (χ2n) is 11.8. The number of fused-ring (bicyclic) bond motifs is 3. The van der Waals surface area contributed by atoms with Crippen molar-refractivity contribution in [2.24, 2.45) is 17.6 Å². The zero-order chi connectivity index (χ0) is 30.8. The Morgan fingerprint density at radius 3 is 2.70 bits per heavy atom. The largest absolute Gasteiger partial charge is 0.487 e. The van der Waals surface area contributed by atoms with Gasteiger partial charge in [0, 0.05) is 24.0 Å². The van der Waals surface area contributed by atoms with Crippen molar-refractivity contribution in [3.8, 4) is 5.75 Å². The van der Waals surface area contributed by atoms with Crippen molar-refractivity contribution >= 4 is 39.3 Å². The number of rotatable bonds is 1. The number of halogens is 1. The number of carbonyl (C=O) groups is 2. The third kappa shape index (κ3) is 7.27. The van der Waals surface area contributed by atoms with E-state index in [1.54, 1.807) is 24.3 Å². The first-order chi connectivity index (χ1) is 20.4. The second-order valence-corrected chi connectivity index (χ2v) is 13.9. The van der Waals surface area contributed by atoms with Gasteiger partial charge in [0.05, 0.1) is 17.2 Å². The smallest absolute Gasteiger partial charge is 0.405 e. The number of benzene rings is 2. The van der Waals surface area contributed by atoms with Gasteiger partial charge in [0.15, 0.2) is 0 Å². The van der Waals surface area contributed by atoms with Crippen molar-refractivity contribution in [1.29, 1.82) is 0 Å². The number of nitrogens with one attached hydrogen (secondary N) is 1. The molecule has 43 heavy (non-hydrogen) atoms. The lowest BCUT2D eigenvalue weighted by atomic mass is 9.70. The van der Waals surface area contributed by atoms with Gasteiger partial charge >= 0.3 is 6.09 Å². The maximum atomic E-state index is 13.4. The fraction of sp³-hybridized carbons (Fsp3) is 0.484. The van der Waals surface area contributed by atoms with Crippen LogP contribution in [-0.4, -0.2) is 51.8 Å². The summed E-state index contributed by atoms with van der Waals surface area (Å²) in [7, 11) is -4.23. The summed E-state index contributed by atoms with van der Waals surface area (Å²) in [5.74, 6) is -0.127. The van der Waals surface area contributed by atoms with Gasteiger partial charge in [-0.3, -0.25) is 4.79 Å². The average molecular weight is 632 g/mol. The molecule has 2 aromatic carbocycles. The van der Waals surface area contributed by atoms with E-state index < -0.39 is 33.7 Å². The van der Waals surface area contributed by atoms with E-state index in [0.717, 1.165) is 43.2 Å². The van der Waals surface area contributed by atoms with Gasteiger partial charge in [0.1, 0.15) is 24.1 Å². The number of nitrogens with two attached hydrogens (primary N) is 1. The minimum Gasteiger partial charge on any atom is -0.487 e. The Balaban J connectivity index is 1.57. The summed E-state index contributed by atoms with van der Waals surface area (Å²) in [5, 5.41) is 0.669. The Morgan fingerprint density at radius 2 is 1.95 bits per heavy atom. The maximum absolute atomic E-state index is 13.4. The SMILES string of the molecule is CC1(C)OC/C=C/[C@H](OC(N)=O)[C@@H]2CC[C@H]2CN2CCCCc3cc(Cl)ccc3COc3ccc(cc32)S(=O)(=O)NC1=O. The van der Waals surface area contributed by atoms with Crippen molar-refractivity contribution in [3.05, 3.63) is 64.7 Å². The molecule has 232 valence electrons. The van der Waals surface area contributed by atoms with E-state index in [1.807, 2.05) is 18.2 Å². The van der Waals surface area contributed by atoms with Gasteiger partial charge < -0.3 is 24.8 Å². The topological polar surface area (TPSA) is 137 Å². The highest BCUT2D eigenvalue weighted by molar-refractivity contribution is 7.90. The fourth-order valence-electron chi connectivity index (χ4n) is 5.84. The monoisotopic (exact) mass is 631 g/mol. The molecule has 0 unspecified atom stereocenters. The van der Waals surface area contributed by atoms with Crippen LogP contribution in [0.1, 0.15) is 50.7 Å². The number of aryl methyl sites for hydroxylation is 1. The quantitative estimate of drug-likeness (QED) is 0.431. The van der Waals surface area contributed by atoms with Crippen LogP contribution in [0, 0.1) is 11.8 Å². The molecule has 3 aliphatic rings. The number of ether oxygens (including phenoxy) is 3. The first-order valence-electron chi connectivity index (χ1n) is 14.6. The second kappa shape index (κ2) is 12.8. The molecule has 5 rings (SSSR count). The van der Waals surface area contributed by atoms with Crippen molar-refractivity contribution in [3.63, 3.8) is 0 Å². The van der Waals surface area contributed by atoms with Crippen molar-refractivity contribution < 1.29 is 32.2 Å². The van der Waals surface area contributed by atoms with E-state index in [4.69, 9.17) is 31.5 Å². The third-order valence-corrected chi connectivity index (χ3v) is 10.1. The van der Waals surface area contributed by atoms with Crippen LogP contribution in [0.5, 0.6) is 5.75 Å². The first kappa shape index (κ1) is 31.2. The Bertz CT molecular complexity index is 1510. The standard InChI is InChI=1S/C31H38ClN3O7S/c1-31(2)29(36)34-43(38,39)24-11-13-28-26(17-24)35(14-4-3-6-20-16-23(32)10-8-22(20)19-40-28)18-21-9-12-25(21)27(42-30(33)37)7-5-15-41-31/h5,7-8,10-11,13,16-17,21,25,27H,3-4,6,9,12,14-15,18-19H2,1-2H3,(H2,33,37)(H,34,36)/b7-5+/t21-,25+,27-/m0/s1. The lowest BCUT2D eigenvalue weighted by Gasteiger charge is -2.43. The maximum Gasteiger partial charge on any atom is 0.405 e. The number of anilines is 1. The van der Waals surface area contributed by atoms with Crippen LogP contribution in [0.4, 0.5) is 10.5 Å². The Kier molecular flexibility index (Phi) is 9.24. The minimum absolute atomic E-state index is 0.00634. The molecule has 2 aliphatic heterocycles. The molecule has 3 atom stereocenters. The van der Waals surface area contributed by atoms with Gasteiger partial charge in [-0.2, -0.15) is 0 Å². The Morgan fingerprint density at radius 1 is 1.14 bits per heavy atom. The van der Waals surface area contributed by atoms with E-state index in [1.165, 1.54) is 19.9 Å². The zero-order valence-electron chi connectivity index (χ0n) is 24.4. The van der Waals surface area contributed by atoms with Crippen LogP contribution in [-0.2, 0) is 37.3 Å². The van der Waals surface area contributed by atoms with Gasteiger partial charge in [-0.15, -0.1) is 0 Å². The number of hydrogen-bond donors (Lipinski definition) is 2. The number of hydrogen-bond acceptors (Lipinski definition) is 8. The zero-order valence-corrected chi connectivity index (χ0v) is 26.0.